The van der Waals surface area contributed by atoms with Gasteiger partial charge in [-0.15, -0.1) is 0 Å². The van der Waals surface area contributed by atoms with Gasteiger partial charge in [0.2, 0.25) is 0 Å². The molecule has 2 nitrogen and oxygen atoms in total. The van der Waals surface area contributed by atoms with Crippen LogP contribution in [0.3, 0.4) is 0 Å². The van der Waals surface area contributed by atoms with Gasteiger partial charge in [0, 0.05) is 19.0 Å². The molecule has 2 N–H and O–H groups in total. The molecule has 108 valence electrons. The molecule has 0 saturated heterocycles. The summed E-state index contributed by atoms with van der Waals surface area (Å²) in [7, 11) is 0. The molecule has 0 bridgehead atoms. The number of nitrogens with one attached hydrogen (secondary N) is 1. The van der Waals surface area contributed by atoms with Crippen molar-refractivity contribution in [3.05, 3.63) is 35.9 Å². The van der Waals surface area contributed by atoms with Gasteiger partial charge in [0.15, 0.2) is 0 Å². The highest BCUT2D eigenvalue weighted by atomic mass is 19.4. The average Bonchev–Trinajstić information content (AvgIpc) is 2.35. The normalized spacial score (nSPS) is 15.2. The second-order valence-electron chi connectivity index (χ2n) is 4.74. The number of aliphatic hydroxyl groups is 1. The second-order valence-corrected chi connectivity index (χ2v) is 4.74. The number of alkyl halides is 3. The zero-order valence-electron chi connectivity index (χ0n) is 11.0. The van der Waals surface area contributed by atoms with Crippen LogP contribution in [0.25, 0.3) is 0 Å². The van der Waals surface area contributed by atoms with Crippen molar-refractivity contribution in [3.8, 4) is 0 Å². The van der Waals surface area contributed by atoms with E-state index in [0.29, 0.717) is 13.0 Å². The first-order valence-electron chi connectivity index (χ1n) is 6.41. The van der Waals surface area contributed by atoms with Crippen molar-refractivity contribution in [2.24, 2.45) is 0 Å². The van der Waals surface area contributed by atoms with Gasteiger partial charge in [-0.25, -0.2) is 0 Å². The van der Waals surface area contributed by atoms with E-state index < -0.39 is 18.7 Å². The predicted octanol–water partition coefficient (Wildman–Crippen LogP) is 3.43. The fourth-order valence-corrected chi connectivity index (χ4v) is 1.82. The van der Waals surface area contributed by atoms with Crippen molar-refractivity contribution in [1.82, 2.24) is 5.32 Å². The fourth-order valence-electron chi connectivity index (χ4n) is 1.82. The van der Waals surface area contributed by atoms with Crippen LogP contribution in [0.15, 0.2) is 30.3 Å². The molecule has 5 heteroatoms. The molecular formula is C14H20F3NO. The van der Waals surface area contributed by atoms with E-state index >= 15 is 0 Å². The van der Waals surface area contributed by atoms with Crippen LogP contribution in [-0.4, -0.2) is 23.9 Å². The molecule has 0 aliphatic carbocycles. The van der Waals surface area contributed by atoms with E-state index in [1.54, 1.807) is 0 Å². The number of rotatable bonds is 7. The summed E-state index contributed by atoms with van der Waals surface area (Å²) in [5.74, 6) is 0. The third-order valence-electron chi connectivity index (χ3n) is 2.94. The second kappa shape index (κ2) is 7.50. The molecule has 0 spiro atoms. The van der Waals surface area contributed by atoms with Gasteiger partial charge in [0.25, 0.3) is 0 Å². The van der Waals surface area contributed by atoms with Crippen LogP contribution in [0, 0.1) is 0 Å². The lowest BCUT2D eigenvalue weighted by Gasteiger charge is -2.17. The van der Waals surface area contributed by atoms with Gasteiger partial charge < -0.3 is 10.4 Å². The van der Waals surface area contributed by atoms with Crippen LogP contribution in [0.5, 0.6) is 0 Å². The van der Waals surface area contributed by atoms with Gasteiger partial charge in [-0.05, 0) is 25.3 Å². The lowest BCUT2D eigenvalue weighted by molar-refractivity contribution is -0.135. The van der Waals surface area contributed by atoms with Crippen molar-refractivity contribution < 1.29 is 18.3 Å². The molecule has 0 amide bonds. The maximum absolute atomic E-state index is 12.0. The topological polar surface area (TPSA) is 32.3 Å². The molecule has 0 aromatic heterocycles. The SMILES string of the molecule is CC(CCCC(F)(F)F)NCC(O)c1ccccc1. The first-order chi connectivity index (χ1) is 8.88. The Morgan fingerprint density at radius 1 is 1.21 bits per heavy atom. The van der Waals surface area contributed by atoms with E-state index in [1.165, 1.54) is 0 Å². The molecule has 0 heterocycles. The number of hydrogen-bond acceptors (Lipinski definition) is 2. The maximum atomic E-state index is 12.0. The zero-order valence-corrected chi connectivity index (χ0v) is 11.0. The van der Waals surface area contributed by atoms with Crippen molar-refractivity contribution >= 4 is 0 Å². The van der Waals surface area contributed by atoms with E-state index in [2.05, 4.69) is 5.32 Å². The molecule has 1 aromatic rings. The smallest absolute Gasteiger partial charge is 0.387 e. The molecule has 0 aliphatic heterocycles. The van der Waals surface area contributed by atoms with E-state index in [0.717, 1.165) is 5.56 Å². The molecule has 1 aromatic carbocycles. The zero-order chi connectivity index (χ0) is 14.3. The monoisotopic (exact) mass is 275 g/mol. The molecule has 1 rings (SSSR count). The Balaban J connectivity index is 2.21. The summed E-state index contributed by atoms with van der Waals surface area (Å²) in [5, 5.41) is 12.9. The Labute approximate surface area is 111 Å². The van der Waals surface area contributed by atoms with Crippen molar-refractivity contribution in [3.63, 3.8) is 0 Å². The number of aliphatic hydroxyl groups excluding tert-OH is 1. The molecule has 2 unspecified atom stereocenters. The van der Waals surface area contributed by atoms with Gasteiger partial charge in [-0.2, -0.15) is 13.2 Å². The Hall–Kier alpha value is -1.07. The van der Waals surface area contributed by atoms with E-state index in [1.807, 2.05) is 37.3 Å². The van der Waals surface area contributed by atoms with Crippen molar-refractivity contribution in [1.29, 1.82) is 0 Å². The van der Waals surface area contributed by atoms with E-state index in [4.69, 9.17) is 0 Å². The molecule has 0 fully saturated rings. The highest BCUT2D eigenvalue weighted by Gasteiger charge is 2.26. The van der Waals surface area contributed by atoms with Crippen LogP contribution in [0.2, 0.25) is 0 Å². The van der Waals surface area contributed by atoms with Gasteiger partial charge >= 0.3 is 6.18 Å². The summed E-state index contributed by atoms with van der Waals surface area (Å²) >= 11 is 0. The third kappa shape index (κ3) is 7.18. The molecule has 2 atom stereocenters. The van der Waals surface area contributed by atoms with Gasteiger partial charge in [0.05, 0.1) is 6.10 Å². The van der Waals surface area contributed by atoms with Crippen LogP contribution < -0.4 is 5.32 Å². The predicted molar refractivity (Wildman–Crippen MR) is 68.8 cm³/mol. The summed E-state index contributed by atoms with van der Waals surface area (Å²) in [5.41, 5.74) is 0.803. The standard InChI is InChI=1S/C14H20F3NO/c1-11(6-5-9-14(15,16)17)18-10-13(19)12-7-3-2-4-8-12/h2-4,7-8,11,13,18-19H,5-6,9-10H2,1H3. The summed E-state index contributed by atoms with van der Waals surface area (Å²) in [4.78, 5) is 0. The van der Waals surface area contributed by atoms with Crippen LogP contribution in [-0.2, 0) is 0 Å². The third-order valence-corrected chi connectivity index (χ3v) is 2.94. The van der Waals surface area contributed by atoms with Crippen LogP contribution >= 0.6 is 0 Å². The van der Waals surface area contributed by atoms with Gasteiger partial charge in [-0.1, -0.05) is 30.3 Å². The Kier molecular flexibility index (Phi) is 6.31. The molecule has 19 heavy (non-hydrogen) atoms. The number of halogens is 3. The summed E-state index contributed by atoms with van der Waals surface area (Å²) in [6, 6.07) is 9.14. The molecule has 0 aliphatic rings. The lowest BCUT2D eigenvalue weighted by atomic mass is 10.1. The number of benzene rings is 1. The van der Waals surface area contributed by atoms with Crippen LogP contribution in [0.1, 0.15) is 37.9 Å². The first-order valence-corrected chi connectivity index (χ1v) is 6.41. The fraction of sp³-hybridized carbons (Fsp3) is 0.571. The summed E-state index contributed by atoms with van der Waals surface area (Å²) in [6.07, 6.45) is -4.91. The minimum absolute atomic E-state index is 0.0410. The van der Waals surface area contributed by atoms with Crippen LogP contribution in [0.4, 0.5) is 13.2 Å². The largest absolute Gasteiger partial charge is 0.389 e. The molecule has 0 radical (unpaired) electrons. The lowest BCUT2D eigenvalue weighted by Crippen LogP contribution is -2.30. The molecule has 0 saturated carbocycles. The minimum atomic E-state index is -4.08. The maximum Gasteiger partial charge on any atom is 0.389 e. The van der Waals surface area contributed by atoms with Crippen molar-refractivity contribution in [2.45, 2.75) is 44.5 Å². The Bertz CT molecular complexity index is 353. The highest BCUT2D eigenvalue weighted by Crippen LogP contribution is 2.22. The van der Waals surface area contributed by atoms with E-state index in [9.17, 15) is 18.3 Å². The van der Waals surface area contributed by atoms with Crippen molar-refractivity contribution in [2.75, 3.05) is 6.54 Å². The minimum Gasteiger partial charge on any atom is -0.387 e. The quantitative estimate of drug-likeness (QED) is 0.799. The highest BCUT2D eigenvalue weighted by molar-refractivity contribution is 5.17. The summed E-state index contributed by atoms with van der Waals surface area (Å²) in [6.45, 7) is 2.17. The average molecular weight is 275 g/mol. The Morgan fingerprint density at radius 3 is 2.42 bits per heavy atom. The summed E-state index contributed by atoms with van der Waals surface area (Å²) < 4.78 is 35.9. The first kappa shape index (κ1) is 16.0. The van der Waals surface area contributed by atoms with Gasteiger partial charge in [0.1, 0.15) is 0 Å². The Morgan fingerprint density at radius 2 is 1.84 bits per heavy atom. The van der Waals surface area contributed by atoms with Gasteiger partial charge in [-0.3, -0.25) is 0 Å². The van der Waals surface area contributed by atoms with E-state index in [-0.39, 0.29) is 12.5 Å². The number of hydrogen-bond donors (Lipinski definition) is 2. The molecular weight excluding hydrogens is 255 g/mol.